The van der Waals surface area contributed by atoms with Gasteiger partial charge in [0.25, 0.3) is 5.56 Å². The van der Waals surface area contributed by atoms with Gasteiger partial charge >= 0.3 is 0 Å². The molecule has 3 fully saturated rings. The molecular formula is C29H20ClFN4O3. The predicted molar refractivity (Wildman–Crippen MR) is 139 cm³/mol. The van der Waals surface area contributed by atoms with Crippen molar-refractivity contribution in [2.75, 3.05) is 11.4 Å². The van der Waals surface area contributed by atoms with Crippen LogP contribution >= 0.6 is 11.6 Å². The molecule has 4 aliphatic rings. The fraction of sp³-hybridized carbons (Fsp3) is 0.241. The average Bonchev–Trinajstić information content (AvgIpc) is 3.63. The van der Waals surface area contributed by atoms with Crippen LogP contribution in [-0.2, 0) is 15.1 Å². The summed E-state index contributed by atoms with van der Waals surface area (Å²) < 4.78 is 15.6. The third-order valence-electron chi connectivity index (χ3n) is 8.80. The number of hydrogen-bond donors (Lipinski definition) is 0. The molecule has 1 spiro atoms. The number of carbonyl (C=O) groups excluding carboxylic acids is 2. The highest BCUT2D eigenvalue weighted by Crippen LogP contribution is 2.62. The number of benzene rings is 3. The van der Waals surface area contributed by atoms with E-state index in [1.165, 1.54) is 12.1 Å². The topological polar surface area (TPSA) is 75.5 Å². The van der Waals surface area contributed by atoms with Crippen LogP contribution in [0.2, 0.25) is 5.02 Å². The predicted octanol–water partition coefficient (Wildman–Crippen LogP) is 4.02. The largest absolute Gasteiger partial charge is 0.283 e. The maximum absolute atomic E-state index is 14.4. The molecule has 0 unspecified atom stereocenters. The molecule has 0 bridgehead atoms. The number of rotatable bonds is 1. The summed E-state index contributed by atoms with van der Waals surface area (Å²) in [6, 6.07) is 18.5. The zero-order valence-electron chi connectivity index (χ0n) is 20.0. The van der Waals surface area contributed by atoms with Gasteiger partial charge in [-0.3, -0.25) is 23.9 Å². The van der Waals surface area contributed by atoms with E-state index in [2.05, 4.69) is 4.90 Å². The van der Waals surface area contributed by atoms with E-state index in [9.17, 15) is 18.8 Å². The van der Waals surface area contributed by atoms with Gasteiger partial charge in [0.05, 0.1) is 39.1 Å². The lowest BCUT2D eigenvalue weighted by Gasteiger charge is -2.38. The standard InChI is InChI=1S/C29H20ClFN4O3/c30-18-14-15(11-12-19(18)31)34-26(37)23-22-10-5-13-33(22)29(24(23)27(34)38)17-7-2-4-9-21(17)35-25(36)16-6-1-3-8-20(16)32-28(29)35/h1-4,6-9,11-12,14,22-24H,5,10,13H2/t22-,23+,24-,29-/m1/s1. The van der Waals surface area contributed by atoms with Crippen LogP contribution in [0.5, 0.6) is 0 Å². The Labute approximate surface area is 221 Å². The van der Waals surface area contributed by atoms with Gasteiger partial charge in [-0.25, -0.2) is 14.3 Å². The summed E-state index contributed by atoms with van der Waals surface area (Å²) in [6.07, 6.45) is 1.61. The number of imide groups is 1. The quantitative estimate of drug-likeness (QED) is 0.350. The Hall–Kier alpha value is -3.88. The fourth-order valence-corrected chi connectivity index (χ4v) is 7.67. The second-order valence-corrected chi connectivity index (χ2v) is 10.8. The van der Waals surface area contributed by atoms with E-state index < -0.39 is 23.2 Å². The maximum atomic E-state index is 14.4. The molecule has 0 radical (unpaired) electrons. The van der Waals surface area contributed by atoms with E-state index in [1.54, 1.807) is 16.7 Å². The summed E-state index contributed by atoms with van der Waals surface area (Å²) in [6.45, 7) is 0.678. The van der Waals surface area contributed by atoms with Crippen molar-refractivity contribution in [3.05, 3.63) is 99.3 Å². The summed E-state index contributed by atoms with van der Waals surface area (Å²) in [4.78, 5) is 50.8. The van der Waals surface area contributed by atoms with Crippen molar-refractivity contribution in [2.24, 2.45) is 11.8 Å². The Kier molecular flexibility index (Phi) is 4.29. The van der Waals surface area contributed by atoms with Crippen molar-refractivity contribution in [3.8, 4) is 5.69 Å². The van der Waals surface area contributed by atoms with E-state index in [4.69, 9.17) is 16.6 Å². The minimum atomic E-state index is -1.09. The number of aromatic nitrogens is 2. The van der Waals surface area contributed by atoms with E-state index in [-0.39, 0.29) is 34.1 Å². The van der Waals surface area contributed by atoms with E-state index in [0.717, 1.165) is 29.4 Å². The average molecular weight is 527 g/mol. The Morgan fingerprint density at radius 2 is 1.76 bits per heavy atom. The second-order valence-electron chi connectivity index (χ2n) is 10.4. The molecule has 0 aliphatic carbocycles. The molecule has 1 aromatic heterocycles. The molecular weight excluding hydrogens is 507 g/mol. The maximum Gasteiger partial charge on any atom is 0.266 e. The first-order chi connectivity index (χ1) is 18.4. The van der Waals surface area contributed by atoms with Crippen LogP contribution in [0, 0.1) is 17.7 Å². The van der Waals surface area contributed by atoms with Gasteiger partial charge in [0.2, 0.25) is 11.8 Å². The Morgan fingerprint density at radius 1 is 0.974 bits per heavy atom. The summed E-state index contributed by atoms with van der Waals surface area (Å²) >= 11 is 6.04. The molecule has 188 valence electrons. The highest BCUT2D eigenvalue weighted by Gasteiger charge is 2.73. The van der Waals surface area contributed by atoms with Crippen LogP contribution in [0.15, 0.2) is 71.5 Å². The molecule has 4 aromatic rings. The van der Waals surface area contributed by atoms with Gasteiger partial charge < -0.3 is 0 Å². The molecule has 4 aliphatic heterocycles. The van der Waals surface area contributed by atoms with E-state index in [1.807, 2.05) is 36.4 Å². The number of hydrogen-bond acceptors (Lipinski definition) is 5. The van der Waals surface area contributed by atoms with Gasteiger partial charge in [-0.05, 0) is 55.8 Å². The number of amides is 2. The molecule has 9 heteroatoms. The number of carbonyl (C=O) groups is 2. The minimum absolute atomic E-state index is 0.159. The molecule has 3 saturated heterocycles. The van der Waals surface area contributed by atoms with Crippen LogP contribution in [0.3, 0.4) is 0 Å². The van der Waals surface area contributed by atoms with Crippen molar-refractivity contribution in [2.45, 2.75) is 24.4 Å². The Morgan fingerprint density at radius 3 is 2.61 bits per heavy atom. The van der Waals surface area contributed by atoms with Gasteiger partial charge in [0.15, 0.2) is 0 Å². The normalized spacial score (nSPS) is 27.3. The highest BCUT2D eigenvalue weighted by atomic mass is 35.5. The van der Waals surface area contributed by atoms with Crippen LogP contribution in [0.1, 0.15) is 24.2 Å². The molecule has 5 heterocycles. The van der Waals surface area contributed by atoms with Gasteiger partial charge in [0, 0.05) is 11.6 Å². The lowest BCUT2D eigenvalue weighted by atomic mass is 9.75. The van der Waals surface area contributed by atoms with Gasteiger partial charge in [-0.15, -0.1) is 0 Å². The van der Waals surface area contributed by atoms with Gasteiger partial charge in [0.1, 0.15) is 17.2 Å². The molecule has 3 aromatic carbocycles. The van der Waals surface area contributed by atoms with Crippen molar-refractivity contribution < 1.29 is 14.0 Å². The number of nitrogens with zero attached hydrogens (tertiary/aromatic N) is 4. The molecule has 2 amide bonds. The second kappa shape index (κ2) is 7.36. The third-order valence-corrected chi connectivity index (χ3v) is 9.09. The fourth-order valence-electron chi connectivity index (χ4n) is 7.49. The van der Waals surface area contributed by atoms with Crippen molar-refractivity contribution in [1.82, 2.24) is 14.5 Å². The highest BCUT2D eigenvalue weighted by molar-refractivity contribution is 6.31. The number of para-hydroxylation sites is 2. The first-order valence-electron chi connectivity index (χ1n) is 12.7. The third kappa shape index (κ3) is 2.43. The molecule has 0 N–H and O–H groups in total. The first kappa shape index (κ1) is 22.1. The molecule has 0 saturated carbocycles. The first-order valence-corrected chi connectivity index (χ1v) is 13.0. The minimum Gasteiger partial charge on any atom is -0.283 e. The Bertz CT molecular complexity index is 1800. The summed E-state index contributed by atoms with van der Waals surface area (Å²) in [5.74, 6) is -2.29. The lowest BCUT2D eigenvalue weighted by molar-refractivity contribution is -0.124. The van der Waals surface area contributed by atoms with Gasteiger partial charge in [-0.1, -0.05) is 41.9 Å². The Balaban J connectivity index is 1.44. The van der Waals surface area contributed by atoms with Crippen LogP contribution < -0.4 is 10.5 Å². The van der Waals surface area contributed by atoms with Crippen molar-refractivity contribution in [1.29, 1.82) is 0 Å². The smallest absolute Gasteiger partial charge is 0.266 e. The summed E-state index contributed by atoms with van der Waals surface area (Å²) in [5, 5.41) is 0.334. The summed E-state index contributed by atoms with van der Waals surface area (Å²) in [5.41, 5.74) is 0.995. The molecule has 4 atom stereocenters. The number of halogens is 2. The van der Waals surface area contributed by atoms with Crippen molar-refractivity contribution in [3.63, 3.8) is 0 Å². The van der Waals surface area contributed by atoms with E-state index in [0.29, 0.717) is 29.0 Å². The molecule has 7 nitrogen and oxygen atoms in total. The van der Waals surface area contributed by atoms with Crippen LogP contribution in [-0.4, -0.2) is 38.9 Å². The van der Waals surface area contributed by atoms with Crippen LogP contribution in [0.25, 0.3) is 16.6 Å². The monoisotopic (exact) mass is 526 g/mol. The van der Waals surface area contributed by atoms with Gasteiger partial charge in [-0.2, -0.15) is 0 Å². The number of fused-ring (bicyclic) bond motifs is 11. The zero-order valence-corrected chi connectivity index (χ0v) is 20.7. The van der Waals surface area contributed by atoms with E-state index >= 15 is 0 Å². The molecule has 8 rings (SSSR count). The van der Waals surface area contributed by atoms with Crippen molar-refractivity contribution >= 4 is 40.0 Å². The zero-order chi connectivity index (χ0) is 25.9. The lowest BCUT2D eigenvalue weighted by Crippen LogP contribution is -2.51. The number of anilines is 1. The SMILES string of the molecule is O=C1[C@H]2[C@H]3CCCN3[C@]3(c4ccccc4-n4c3nc3ccccc3c4=O)[C@H]2C(=O)N1c1ccc(F)c(Cl)c1. The molecule has 38 heavy (non-hydrogen) atoms. The van der Waals surface area contributed by atoms with Crippen LogP contribution in [0.4, 0.5) is 10.1 Å². The summed E-state index contributed by atoms with van der Waals surface area (Å²) in [7, 11) is 0.